The Morgan fingerprint density at radius 3 is 2.66 bits per heavy atom. The van der Waals surface area contributed by atoms with Gasteiger partial charge in [-0.3, -0.25) is 4.31 Å². The first kappa shape index (κ1) is 27.6. The molecular formula is C26H31ClN4O6S. The molecule has 0 radical (unpaired) electrons. The molecule has 204 valence electrons. The maximum atomic E-state index is 12.4. The number of benzene rings is 1. The number of unbranched alkanes of at least 4 members (excludes halogenated alkanes) is 2. The van der Waals surface area contributed by atoms with Gasteiger partial charge < -0.3 is 24.1 Å². The molecule has 2 aromatic rings. The molecule has 0 fully saturated rings. The lowest BCUT2D eigenvalue weighted by molar-refractivity contribution is 0.158. The SMILES string of the molecule is CCO/N=C1\CCCc2cc(OCCCCCN3C=CN(c4ccnc(Cl)c4)S3(C(=O)O)C(=O)O)ccc21. The number of ether oxygens (including phenoxy) is 1. The lowest BCUT2D eigenvalue weighted by Crippen LogP contribution is -2.39. The summed E-state index contributed by atoms with van der Waals surface area (Å²) < 4.78 is 8.64. The predicted molar refractivity (Wildman–Crippen MR) is 148 cm³/mol. The van der Waals surface area contributed by atoms with E-state index in [0.29, 0.717) is 25.3 Å². The molecule has 1 aliphatic heterocycles. The monoisotopic (exact) mass is 562 g/mol. The maximum absolute atomic E-state index is 12.4. The van der Waals surface area contributed by atoms with Crippen molar-refractivity contribution in [2.24, 2.45) is 5.16 Å². The predicted octanol–water partition coefficient (Wildman–Crippen LogP) is 6.65. The Balaban J connectivity index is 1.31. The van der Waals surface area contributed by atoms with Gasteiger partial charge in [-0.05, 0) is 75.3 Å². The van der Waals surface area contributed by atoms with Gasteiger partial charge in [-0.25, -0.2) is 14.6 Å². The molecule has 2 N–H and O–H groups in total. The molecule has 0 saturated heterocycles. The Morgan fingerprint density at radius 2 is 1.92 bits per heavy atom. The van der Waals surface area contributed by atoms with E-state index in [1.807, 2.05) is 19.1 Å². The number of oxime groups is 1. The minimum absolute atomic E-state index is 0.149. The number of carboxylic acid groups (broad SMARTS) is 2. The Bertz CT molecular complexity index is 1230. The van der Waals surface area contributed by atoms with E-state index in [1.54, 1.807) is 0 Å². The summed E-state index contributed by atoms with van der Waals surface area (Å²) in [6.07, 6.45) is 9.42. The number of hydrogen-bond acceptors (Lipinski definition) is 8. The number of aryl methyl sites for hydroxylation is 1. The smallest absolute Gasteiger partial charge is 0.393 e. The molecule has 1 aliphatic carbocycles. The van der Waals surface area contributed by atoms with Crippen molar-refractivity contribution in [3.8, 4) is 5.75 Å². The van der Waals surface area contributed by atoms with Crippen LogP contribution in [0.5, 0.6) is 5.75 Å². The number of pyridine rings is 1. The lowest BCUT2D eigenvalue weighted by atomic mass is 9.90. The van der Waals surface area contributed by atoms with Gasteiger partial charge in [0, 0.05) is 36.8 Å². The summed E-state index contributed by atoms with van der Waals surface area (Å²) >= 11 is 5.96. The van der Waals surface area contributed by atoms with Crippen LogP contribution < -0.4 is 9.04 Å². The topological polar surface area (TPSA) is 125 Å². The van der Waals surface area contributed by atoms with Crippen molar-refractivity contribution in [3.05, 3.63) is 65.2 Å². The van der Waals surface area contributed by atoms with Gasteiger partial charge in [0.2, 0.25) is 0 Å². The van der Waals surface area contributed by atoms with Crippen molar-refractivity contribution in [2.75, 3.05) is 24.1 Å². The quantitative estimate of drug-likeness (QED) is 0.186. The van der Waals surface area contributed by atoms with Crippen molar-refractivity contribution in [1.82, 2.24) is 9.29 Å². The van der Waals surface area contributed by atoms with Gasteiger partial charge in [0.05, 0.1) is 18.0 Å². The Labute approximate surface area is 228 Å². The third kappa shape index (κ3) is 5.68. The fourth-order valence-corrected chi connectivity index (χ4v) is 7.10. The molecule has 0 unspecified atom stereocenters. The molecule has 10 nitrogen and oxygen atoms in total. The summed E-state index contributed by atoms with van der Waals surface area (Å²) in [6.45, 7) is 3.24. The maximum Gasteiger partial charge on any atom is 0.393 e. The molecule has 2 heterocycles. The number of fused-ring (bicyclic) bond motifs is 1. The number of aromatic nitrogens is 1. The van der Waals surface area contributed by atoms with Crippen molar-refractivity contribution < 1.29 is 29.4 Å². The highest BCUT2D eigenvalue weighted by atomic mass is 35.5. The van der Waals surface area contributed by atoms with Gasteiger partial charge in [0.1, 0.15) is 27.9 Å². The van der Waals surface area contributed by atoms with Crippen molar-refractivity contribution in [1.29, 1.82) is 0 Å². The number of nitrogens with zero attached hydrogens (tertiary/aromatic N) is 4. The average Bonchev–Trinajstić information content (AvgIpc) is 3.30. The standard InChI is InChI=1S/C26H31ClN4O6S/c1-2-37-29-23-8-6-7-19-17-21(9-10-22(19)23)36-16-5-3-4-13-30-14-15-31(20-11-12-28-24(27)18-20)38(30,25(32)33)26(34)35/h9-12,14-15,17-18H,2-8,13,16H2,1H3,(H,32,33)(H,34,35)/b29-23+. The van der Waals surface area contributed by atoms with Crippen LogP contribution in [0.15, 0.2) is 54.1 Å². The van der Waals surface area contributed by atoms with E-state index < -0.39 is 21.0 Å². The number of halogens is 1. The molecule has 12 heteroatoms. The van der Waals surface area contributed by atoms with Crippen LogP contribution in [0.4, 0.5) is 15.3 Å². The molecule has 0 amide bonds. The van der Waals surface area contributed by atoms with E-state index in [9.17, 15) is 19.8 Å². The lowest BCUT2D eigenvalue weighted by Gasteiger charge is -2.42. The third-order valence-electron chi connectivity index (χ3n) is 6.29. The van der Waals surface area contributed by atoms with Crippen LogP contribution in [0.25, 0.3) is 0 Å². The van der Waals surface area contributed by atoms with E-state index in [4.69, 9.17) is 21.2 Å². The summed E-state index contributed by atoms with van der Waals surface area (Å²) in [4.78, 5) is 33.9. The molecule has 0 saturated carbocycles. The van der Waals surface area contributed by atoms with Crippen molar-refractivity contribution >= 4 is 44.0 Å². The van der Waals surface area contributed by atoms with Crippen LogP contribution in [0, 0.1) is 0 Å². The number of anilines is 1. The molecular weight excluding hydrogens is 532 g/mol. The molecule has 38 heavy (non-hydrogen) atoms. The van der Waals surface area contributed by atoms with Crippen molar-refractivity contribution in [3.63, 3.8) is 0 Å². The Morgan fingerprint density at radius 1 is 1.11 bits per heavy atom. The van der Waals surface area contributed by atoms with Crippen LogP contribution in [0.3, 0.4) is 0 Å². The molecule has 0 bridgehead atoms. The molecule has 0 atom stereocenters. The van der Waals surface area contributed by atoms with Crippen LogP contribution in [-0.2, 0) is 11.3 Å². The summed E-state index contributed by atoms with van der Waals surface area (Å²) in [5, 5.41) is 21.7. The number of rotatable bonds is 10. The zero-order chi connectivity index (χ0) is 27.1. The second-order valence-corrected chi connectivity index (χ2v) is 11.8. The molecule has 1 aromatic heterocycles. The Kier molecular flexibility index (Phi) is 9.01. The minimum Gasteiger partial charge on any atom is -0.494 e. The molecule has 4 rings (SSSR count). The minimum atomic E-state index is -3.45. The highest BCUT2D eigenvalue weighted by Gasteiger charge is 2.53. The van der Waals surface area contributed by atoms with E-state index in [-0.39, 0.29) is 11.7 Å². The first-order chi connectivity index (χ1) is 18.4. The van der Waals surface area contributed by atoms with E-state index >= 15 is 0 Å². The van der Waals surface area contributed by atoms with Crippen LogP contribution in [0.1, 0.15) is 50.2 Å². The van der Waals surface area contributed by atoms with Gasteiger partial charge in [-0.2, -0.15) is 0 Å². The van der Waals surface area contributed by atoms with Crippen LogP contribution in [-0.4, -0.2) is 55.6 Å². The largest absolute Gasteiger partial charge is 0.494 e. The van der Waals surface area contributed by atoms with Crippen LogP contribution in [0.2, 0.25) is 5.15 Å². The fraction of sp³-hybridized carbons (Fsp3) is 0.385. The zero-order valence-electron chi connectivity index (χ0n) is 21.1. The van der Waals surface area contributed by atoms with E-state index in [2.05, 4.69) is 16.2 Å². The van der Waals surface area contributed by atoms with Gasteiger partial charge in [0.15, 0.2) is 0 Å². The van der Waals surface area contributed by atoms with Crippen LogP contribution >= 0.6 is 22.0 Å². The third-order valence-corrected chi connectivity index (χ3v) is 9.35. The summed E-state index contributed by atoms with van der Waals surface area (Å²) in [5.74, 6) is 0.802. The van der Waals surface area contributed by atoms with Gasteiger partial charge in [-0.15, -0.1) is 0 Å². The molecule has 2 aliphatic rings. The zero-order valence-corrected chi connectivity index (χ0v) is 22.7. The van der Waals surface area contributed by atoms with E-state index in [1.165, 1.54) is 44.9 Å². The molecule has 0 spiro atoms. The molecule has 1 aromatic carbocycles. The normalized spacial score (nSPS) is 17.8. The van der Waals surface area contributed by atoms with Crippen molar-refractivity contribution in [2.45, 2.75) is 45.4 Å². The van der Waals surface area contributed by atoms with Gasteiger partial charge in [0.25, 0.3) is 0 Å². The highest BCUT2D eigenvalue weighted by Crippen LogP contribution is 2.61. The first-order valence-corrected chi connectivity index (χ1v) is 14.4. The Hall–Kier alpha value is -3.44. The van der Waals surface area contributed by atoms with Gasteiger partial charge in [-0.1, -0.05) is 16.8 Å². The summed E-state index contributed by atoms with van der Waals surface area (Å²) in [5.41, 5.74) is 3.65. The summed E-state index contributed by atoms with van der Waals surface area (Å²) in [6, 6.07) is 9.02. The summed E-state index contributed by atoms with van der Waals surface area (Å²) in [7, 11) is -3.45. The van der Waals surface area contributed by atoms with Gasteiger partial charge >= 0.3 is 10.6 Å². The number of carbonyl (C=O) groups is 2. The number of hydrogen-bond donors (Lipinski definition) is 2. The second kappa shape index (κ2) is 12.4. The average molecular weight is 563 g/mol. The second-order valence-electron chi connectivity index (χ2n) is 8.72. The first-order valence-electron chi connectivity index (χ1n) is 12.5. The van der Waals surface area contributed by atoms with E-state index in [0.717, 1.165) is 49.1 Å². The fourth-order valence-electron chi connectivity index (χ4n) is 4.55. The highest BCUT2D eigenvalue weighted by molar-refractivity contribution is 8.54.